The minimum absolute atomic E-state index is 0.0185. The topological polar surface area (TPSA) is 153 Å². The number of alkyl halides is 3. The Balaban J connectivity index is 1.26. The summed E-state index contributed by atoms with van der Waals surface area (Å²) < 4.78 is 65.6. The third-order valence-corrected chi connectivity index (χ3v) is 9.56. The van der Waals surface area contributed by atoms with Crippen LogP contribution in [0.1, 0.15) is 45.4 Å². The van der Waals surface area contributed by atoms with E-state index >= 15 is 0 Å². The summed E-state index contributed by atoms with van der Waals surface area (Å²) in [5.41, 5.74) is 1.56. The lowest BCUT2D eigenvalue weighted by molar-refractivity contribution is -0.142. The number of rotatable bonds is 9. The van der Waals surface area contributed by atoms with Gasteiger partial charge in [-0.15, -0.1) is 0 Å². The van der Waals surface area contributed by atoms with Gasteiger partial charge in [-0.05, 0) is 63.6 Å². The van der Waals surface area contributed by atoms with Crippen molar-refractivity contribution in [3.63, 3.8) is 0 Å². The maximum Gasteiger partial charge on any atom is 0.408 e. The average molecular weight is 618 g/mol. The molecule has 12 nitrogen and oxygen atoms in total. The number of pyridine rings is 1. The fourth-order valence-electron chi connectivity index (χ4n) is 4.98. The van der Waals surface area contributed by atoms with Gasteiger partial charge < -0.3 is 15.7 Å². The summed E-state index contributed by atoms with van der Waals surface area (Å²) in [5, 5.41) is 24.6. The van der Waals surface area contributed by atoms with Crippen LogP contribution in [0.4, 0.5) is 30.6 Å². The first-order valence-electron chi connectivity index (χ1n) is 13.8. The lowest BCUT2D eigenvalue weighted by Crippen LogP contribution is -2.36. The standard InChI is InChI=1S/C27H30F3N9O3S/c1-26(40)8-4-18(5-9-26)34-24-21(22-7-11-38(37-22)16-27(28,29)30)14-32-25(36-24)35-19-6-10-31-23(12-19)17-13-33-39(15-17)43(41,42)20-2-3-20/h6-7,10-15,18,20,40H,2-5,8-9,16H2,1H3,(H2,31,32,34,35,36). The summed E-state index contributed by atoms with van der Waals surface area (Å²) in [5.74, 6) is 0.607. The SMILES string of the molecule is CC1(O)CCC(Nc2nc(Nc3ccnc(-c4cnn(S(=O)(=O)C5CC5)c4)c3)ncc2-c2ccn(CC(F)(F)F)n2)CC1. The molecule has 228 valence electrons. The number of anilines is 3. The van der Waals surface area contributed by atoms with E-state index in [2.05, 4.69) is 35.8 Å². The lowest BCUT2D eigenvalue weighted by Gasteiger charge is -2.33. The highest BCUT2D eigenvalue weighted by Gasteiger charge is 2.37. The maximum absolute atomic E-state index is 12.9. The van der Waals surface area contributed by atoms with Gasteiger partial charge in [0.25, 0.3) is 10.0 Å². The predicted octanol–water partition coefficient (Wildman–Crippen LogP) is 4.35. The third kappa shape index (κ3) is 6.80. The van der Waals surface area contributed by atoms with Gasteiger partial charge in [-0.2, -0.15) is 32.4 Å². The Bertz CT molecular complexity index is 1720. The molecule has 2 aliphatic carbocycles. The quantitative estimate of drug-likeness (QED) is 0.247. The van der Waals surface area contributed by atoms with E-state index in [-0.39, 0.29) is 17.7 Å². The molecule has 3 N–H and O–H groups in total. The molecule has 0 saturated heterocycles. The van der Waals surface area contributed by atoms with Crippen LogP contribution in [0.3, 0.4) is 0 Å². The van der Waals surface area contributed by atoms with Gasteiger partial charge in [-0.3, -0.25) is 9.67 Å². The van der Waals surface area contributed by atoms with E-state index in [9.17, 15) is 26.7 Å². The monoisotopic (exact) mass is 617 g/mol. The van der Waals surface area contributed by atoms with Crippen LogP contribution in [-0.2, 0) is 16.6 Å². The molecule has 4 heterocycles. The van der Waals surface area contributed by atoms with Gasteiger partial charge in [0.1, 0.15) is 12.4 Å². The molecule has 6 rings (SSSR count). The van der Waals surface area contributed by atoms with Crippen molar-refractivity contribution in [1.82, 2.24) is 33.9 Å². The predicted molar refractivity (Wildman–Crippen MR) is 152 cm³/mol. The largest absolute Gasteiger partial charge is 0.408 e. The summed E-state index contributed by atoms with van der Waals surface area (Å²) >= 11 is 0. The molecule has 2 saturated carbocycles. The fourth-order valence-corrected chi connectivity index (χ4v) is 6.46. The van der Waals surface area contributed by atoms with Crippen molar-refractivity contribution < 1.29 is 26.7 Å². The molecule has 43 heavy (non-hydrogen) atoms. The van der Waals surface area contributed by atoms with Gasteiger partial charge >= 0.3 is 6.18 Å². The molecular formula is C27H30F3N9O3S. The zero-order valence-corrected chi connectivity index (χ0v) is 24.0. The molecule has 4 aromatic rings. The highest BCUT2D eigenvalue weighted by Crippen LogP contribution is 2.34. The van der Waals surface area contributed by atoms with Gasteiger partial charge in [0, 0.05) is 35.9 Å². The van der Waals surface area contributed by atoms with Gasteiger partial charge in [-0.1, -0.05) is 0 Å². The molecule has 4 aromatic heterocycles. The number of nitrogens with one attached hydrogen (secondary N) is 2. The number of nitrogens with zero attached hydrogens (tertiary/aromatic N) is 7. The maximum atomic E-state index is 12.9. The molecule has 2 aliphatic rings. The molecule has 0 radical (unpaired) electrons. The third-order valence-electron chi connectivity index (χ3n) is 7.53. The van der Waals surface area contributed by atoms with E-state index in [0.717, 1.165) is 8.77 Å². The Hall–Kier alpha value is -4.05. The van der Waals surface area contributed by atoms with Gasteiger partial charge in [0.05, 0.1) is 40.2 Å². The minimum atomic E-state index is -4.42. The number of halogens is 3. The Morgan fingerprint density at radius 1 is 1.09 bits per heavy atom. The fraction of sp³-hybridized carbons (Fsp3) is 0.444. The first kappa shape index (κ1) is 29.0. The second-order valence-electron chi connectivity index (χ2n) is 11.3. The van der Waals surface area contributed by atoms with E-state index in [1.54, 1.807) is 25.3 Å². The zero-order valence-electron chi connectivity index (χ0n) is 23.2. The highest BCUT2D eigenvalue weighted by molar-refractivity contribution is 7.90. The zero-order chi connectivity index (χ0) is 30.4. The first-order valence-corrected chi connectivity index (χ1v) is 15.3. The summed E-state index contributed by atoms with van der Waals surface area (Å²) in [6, 6.07) is 4.86. The van der Waals surface area contributed by atoms with Crippen LogP contribution in [0.2, 0.25) is 0 Å². The molecule has 16 heteroatoms. The number of hydrogen-bond acceptors (Lipinski definition) is 10. The molecule has 0 aromatic carbocycles. The Morgan fingerprint density at radius 2 is 1.86 bits per heavy atom. The van der Waals surface area contributed by atoms with Crippen LogP contribution < -0.4 is 10.6 Å². The molecule has 0 bridgehead atoms. The highest BCUT2D eigenvalue weighted by atomic mass is 32.2. The first-order chi connectivity index (χ1) is 20.3. The van der Waals surface area contributed by atoms with Gasteiger partial charge in [0.15, 0.2) is 0 Å². The van der Waals surface area contributed by atoms with Crippen molar-refractivity contribution in [2.24, 2.45) is 0 Å². The molecule has 2 fully saturated rings. The number of aromatic nitrogens is 7. The van der Waals surface area contributed by atoms with Crippen molar-refractivity contribution in [2.45, 2.75) is 75.1 Å². The van der Waals surface area contributed by atoms with Crippen LogP contribution >= 0.6 is 0 Å². The smallest absolute Gasteiger partial charge is 0.390 e. The van der Waals surface area contributed by atoms with Crippen LogP contribution in [0.15, 0.2) is 49.2 Å². The van der Waals surface area contributed by atoms with E-state index in [1.807, 2.05) is 0 Å². The van der Waals surface area contributed by atoms with Crippen molar-refractivity contribution >= 4 is 27.5 Å². The van der Waals surface area contributed by atoms with E-state index in [1.165, 1.54) is 30.9 Å². The van der Waals surface area contributed by atoms with Crippen LogP contribution in [0.25, 0.3) is 22.5 Å². The van der Waals surface area contributed by atoms with Crippen molar-refractivity contribution in [2.75, 3.05) is 10.6 Å². The minimum Gasteiger partial charge on any atom is -0.390 e. The second kappa shape index (κ2) is 10.9. The molecule has 0 spiro atoms. The van der Waals surface area contributed by atoms with Crippen LogP contribution in [-0.4, -0.2) is 70.5 Å². The van der Waals surface area contributed by atoms with Crippen molar-refractivity contribution in [3.8, 4) is 22.5 Å². The molecular weight excluding hydrogens is 587 g/mol. The van der Waals surface area contributed by atoms with E-state index in [4.69, 9.17) is 0 Å². The molecule has 0 unspecified atom stereocenters. The number of hydrogen-bond donors (Lipinski definition) is 3. The number of aliphatic hydroxyl groups is 1. The lowest BCUT2D eigenvalue weighted by atomic mass is 9.83. The summed E-state index contributed by atoms with van der Waals surface area (Å²) in [4.78, 5) is 13.4. The summed E-state index contributed by atoms with van der Waals surface area (Å²) in [6.07, 6.45) is 6.57. The van der Waals surface area contributed by atoms with E-state index < -0.39 is 33.6 Å². The van der Waals surface area contributed by atoms with Crippen LogP contribution in [0.5, 0.6) is 0 Å². The van der Waals surface area contributed by atoms with Gasteiger partial charge in [-0.25, -0.2) is 13.4 Å². The van der Waals surface area contributed by atoms with Crippen LogP contribution in [0, 0.1) is 0 Å². The summed E-state index contributed by atoms with van der Waals surface area (Å²) in [6.45, 7) is 0.582. The summed E-state index contributed by atoms with van der Waals surface area (Å²) in [7, 11) is -3.51. The Kier molecular flexibility index (Phi) is 7.36. The Morgan fingerprint density at radius 3 is 2.58 bits per heavy atom. The Labute approximate surface area is 245 Å². The normalized spacial score (nSPS) is 21.1. The molecule has 0 amide bonds. The van der Waals surface area contributed by atoms with E-state index in [0.29, 0.717) is 66.9 Å². The van der Waals surface area contributed by atoms with Gasteiger partial charge in [0.2, 0.25) is 5.95 Å². The van der Waals surface area contributed by atoms with Crippen molar-refractivity contribution in [1.29, 1.82) is 0 Å². The molecule has 0 atom stereocenters. The molecule has 0 aliphatic heterocycles. The average Bonchev–Trinajstić information content (AvgIpc) is 3.52. The van der Waals surface area contributed by atoms with Crippen molar-refractivity contribution in [3.05, 3.63) is 49.2 Å². The second-order valence-corrected chi connectivity index (χ2v) is 13.4.